The summed E-state index contributed by atoms with van der Waals surface area (Å²) in [5.41, 5.74) is 2.91. The topological polar surface area (TPSA) is 81.2 Å². The van der Waals surface area contributed by atoms with Gasteiger partial charge in [-0.15, -0.1) is 0 Å². The van der Waals surface area contributed by atoms with Gasteiger partial charge in [-0.05, 0) is 20.3 Å². The number of hydrogen-bond donors (Lipinski definition) is 2. The average Bonchev–Trinajstić information content (AvgIpc) is 2.92. The van der Waals surface area contributed by atoms with E-state index < -0.39 is 0 Å². The standard InChI is InChI=1S/C14H28N6O/c1-4-5-20-14(16-10-17-20)8-12(18-15)13-9-19(11(2)3)6-7-21-13/h10-13,18H,4-9,15H2,1-3H3. The van der Waals surface area contributed by atoms with Crippen LogP contribution in [0.25, 0.3) is 0 Å². The fraction of sp³-hybridized carbons (Fsp3) is 0.857. The molecule has 1 aliphatic rings. The summed E-state index contributed by atoms with van der Waals surface area (Å²) >= 11 is 0. The average molecular weight is 296 g/mol. The summed E-state index contributed by atoms with van der Waals surface area (Å²) in [4.78, 5) is 6.78. The Kier molecular flexibility index (Phi) is 6.10. The summed E-state index contributed by atoms with van der Waals surface area (Å²) in [6, 6.07) is 0.574. The van der Waals surface area contributed by atoms with E-state index in [0.717, 1.165) is 44.9 Å². The van der Waals surface area contributed by atoms with E-state index in [0.29, 0.717) is 6.04 Å². The van der Waals surface area contributed by atoms with Crippen LogP contribution in [-0.2, 0) is 17.7 Å². The molecule has 2 atom stereocenters. The lowest BCUT2D eigenvalue weighted by atomic mass is 10.0. The molecule has 7 nitrogen and oxygen atoms in total. The molecule has 0 saturated carbocycles. The number of morpholine rings is 1. The van der Waals surface area contributed by atoms with Gasteiger partial charge in [-0.25, -0.2) is 4.98 Å². The highest BCUT2D eigenvalue weighted by Gasteiger charge is 2.29. The van der Waals surface area contributed by atoms with E-state index in [1.807, 2.05) is 4.68 Å². The number of nitrogens with one attached hydrogen (secondary N) is 1. The van der Waals surface area contributed by atoms with Crippen molar-refractivity contribution in [3.8, 4) is 0 Å². The number of aromatic nitrogens is 3. The fourth-order valence-electron chi connectivity index (χ4n) is 2.75. The molecule has 1 aliphatic heterocycles. The van der Waals surface area contributed by atoms with Crippen molar-refractivity contribution < 1.29 is 4.74 Å². The molecule has 1 saturated heterocycles. The molecule has 2 unspecified atom stereocenters. The largest absolute Gasteiger partial charge is 0.374 e. The lowest BCUT2D eigenvalue weighted by Gasteiger charge is -2.38. The summed E-state index contributed by atoms with van der Waals surface area (Å²) < 4.78 is 7.87. The zero-order valence-corrected chi connectivity index (χ0v) is 13.3. The molecule has 2 rings (SSSR count). The van der Waals surface area contributed by atoms with E-state index in [4.69, 9.17) is 10.6 Å². The molecule has 1 fully saturated rings. The molecule has 1 aromatic heterocycles. The van der Waals surface area contributed by atoms with Gasteiger partial charge in [-0.3, -0.25) is 20.9 Å². The van der Waals surface area contributed by atoms with E-state index >= 15 is 0 Å². The van der Waals surface area contributed by atoms with Gasteiger partial charge in [0, 0.05) is 32.1 Å². The van der Waals surface area contributed by atoms with Gasteiger partial charge in [-0.1, -0.05) is 6.92 Å². The number of hydrogen-bond acceptors (Lipinski definition) is 6. The monoisotopic (exact) mass is 296 g/mol. The van der Waals surface area contributed by atoms with E-state index in [-0.39, 0.29) is 12.1 Å². The van der Waals surface area contributed by atoms with Crippen LogP contribution in [0.3, 0.4) is 0 Å². The maximum absolute atomic E-state index is 5.92. The first-order valence-electron chi connectivity index (χ1n) is 7.84. The van der Waals surface area contributed by atoms with Crippen molar-refractivity contribution >= 4 is 0 Å². The van der Waals surface area contributed by atoms with Crippen LogP contribution in [0.1, 0.15) is 33.0 Å². The van der Waals surface area contributed by atoms with Crippen molar-refractivity contribution in [3.63, 3.8) is 0 Å². The molecule has 0 amide bonds. The van der Waals surface area contributed by atoms with Crippen molar-refractivity contribution in [1.82, 2.24) is 25.1 Å². The van der Waals surface area contributed by atoms with Crippen molar-refractivity contribution in [1.29, 1.82) is 0 Å². The Hall–Kier alpha value is -1.02. The second-order valence-corrected chi connectivity index (χ2v) is 5.87. The molecule has 120 valence electrons. The SMILES string of the molecule is CCCn1ncnc1CC(NN)C1CN(C(C)C)CCO1. The number of ether oxygens (including phenoxy) is 1. The Labute approximate surface area is 126 Å². The van der Waals surface area contributed by atoms with Gasteiger partial charge < -0.3 is 4.74 Å². The third kappa shape index (κ3) is 4.23. The number of aryl methyl sites for hydroxylation is 1. The minimum Gasteiger partial charge on any atom is -0.374 e. The summed E-state index contributed by atoms with van der Waals surface area (Å²) in [6.45, 7) is 10.1. The molecular weight excluding hydrogens is 268 g/mol. The third-order valence-corrected chi connectivity index (χ3v) is 4.05. The molecule has 0 bridgehead atoms. The quantitative estimate of drug-likeness (QED) is 0.551. The lowest BCUT2D eigenvalue weighted by Crippen LogP contribution is -2.56. The summed E-state index contributed by atoms with van der Waals surface area (Å²) in [7, 11) is 0. The minimum absolute atomic E-state index is 0.0476. The van der Waals surface area contributed by atoms with Gasteiger partial charge in [0.25, 0.3) is 0 Å². The normalized spacial score (nSPS) is 21.9. The second-order valence-electron chi connectivity index (χ2n) is 5.87. The van der Waals surface area contributed by atoms with Crippen molar-refractivity contribution in [3.05, 3.63) is 12.2 Å². The van der Waals surface area contributed by atoms with Crippen LogP contribution < -0.4 is 11.3 Å². The summed E-state index contributed by atoms with van der Waals surface area (Å²) in [5, 5.41) is 4.27. The van der Waals surface area contributed by atoms with Gasteiger partial charge in [0.1, 0.15) is 12.2 Å². The molecule has 1 aromatic rings. The smallest absolute Gasteiger partial charge is 0.138 e. The zero-order chi connectivity index (χ0) is 15.2. The van der Waals surface area contributed by atoms with E-state index in [2.05, 4.69) is 41.2 Å². The second kappa shape index (κ2) is 7.84. The highest BCUT2D eigenvalue weighted by atomic mass is 16.5. The lowest BCUT2D eigenvalue weighted by molar-refractivity contribution is -0.0556. The van der Waals surface area contributed by atoms with Crippen LogP contribution in [0.5, 0.6) is 0 Å². The number of nitrogens with two attached hydrogens (primary N) is 1. The number of hydrazine groups is 1. The first-order valence-corrected chi connectivity index (χ1v) is 7.84. The number of rotatable bonds is 7. The maximum atomic E-state index is 5.92. The van der Waals surface area contributed by atoms with Crippen molar-refractivity contribution in [2.45, 2.75) is 58.3 Å². The Morgan fingerprint density at radius 2 is 2.33 bits per heavy atom. The van der Waals surface area contributed by atoms with Crippen LogP contribution in [-0.4, -0.2) is 57.5 Å². The van der Waals surface area contributed by atoms with Crippen LogP contribution >= 0.6 is 0 Å². The number of nitrogens with zero attached hydrogens (tertiary/aromatic N) is 4. The fourth-order valence-corrected chi connectivity index (χ4v) is 2.75. The molecule has 0 aliphatic carbocycles. The summed E-state index contributed by atoms with van der Waals surface area (Å²) in [6.07, 6.45) is 3.46. The first-order chi connectivity index (χ1) is 10.2. The Balaban J connectivity index is 2.00. The Morgan fingerprint density at radius 3 is 3.00 bits per heavy atom. The first kappa shape index (κ1) is 16.4. The third-order valence-electron chi connectivity index (χ3n) is 4.05. The van der Waals surface area contributed by atoms with Crippen molar-refractivity contribution in [2.24, 2.45) is 5.84 Å². The molecule has 7 heteroatoms. The summed E-state index contributed by atoms with van der Waals surface area (Å²) in [5.74, 6) is 6.72. The van der Waals surface area contributed by atoms with E-state index in [1.54, 1.807) is 6.33 Å². The molecule has 0 spiro atoms. The predicted octanol–water partition coefficient (Wildman–Crippen LogP) is 0.172. The van der Waals surface area contributed by atoms with Gasteiger partial charge in [0.2, 0.25) is 0 Å². The van der Waals surface area contributed by atoms with Gasteiger partial charge in [0.05, 0.1) is 18.8 Å². The maximum Gasteiger partial charge on any atom is 0.138 e. The Morgan fingerprint density at radius 1 is 1.52 bits per heavy atom. The van der Waals surface area contributed by atoms with Gasteiger partial charge in [-0.2, -0.15) is 5.10 Å². The molecule has 21 heavy (non-hydrogen) atoms. The predicted molar refractivity (Wildman–Crippen MR) is 81.6 cm³/mol. The molecule has 3 N–H and O–H groups in total. The van der Waals surface area contributed by atoms with Crippen molar-refractivity contribution in [2.75, 3.05) is 19.7 Å². The molecular formula is C14H28N6O. The molecule has 0 radical (unpaired) electrons. The molecule has 2 heterocycles. The highest BCUT2D eigenvalue weighted by Crippen LogP contribution is 2.14. The highest BCUT2D eigenvalue weighted by molar-refractivity contribution is 4.94. The van der Waals surface area contributed by atoms with Crippen LogP contribution in [0, 0.1) is 0 Å². The van der Waals surface area contributed by atoms with Gasteiger partial charge in [0.15, 0.2) is 0 Å². The Bertz CT molecular complexity index is 421. The van der Waals surface area contributed by atoms with Gasteiger partial charge >= 0.3 is 0 Å². The van der Waals surface area contributed by atoms with Crippen LogP contribution in [0.15, 0.2) is 6.33 Å². The molecule has 0 aromatic carbocycles. The zero-order valence-electron chi connectivity index (χ0n) is 13.3. The minimum atomic E-state index is 0.0476. The van der Waals surface area contributed by atoms with E-state index in [9.17, 15) is 0 Å². The van der Waals surface area contributed by atoms with Crippen LogP contribution in [0.4, 0.5) is 0 Å². The van der Waals surface area contributed by atoms with Crippen LogP contribution in [0.2, 0.25) is 0 Å². The van der Waals surface area contributed by atoms with E-state index in [1.165, 1.54) is 0 Å².